The number of hydrogen-bond donors (Lipinski definition) is 0. The number of rotatable bonds is 2. The van der Waals surface area contributed by atoms with Crippen LogP contribution in [0.2, 0.25) is 0 Å². The molecule has 0 amide bonds. The van der Waals surface area contributed by atoms with Gasteiger partial charge in [-0.15, -0.1) is 0 Å². The minimum atomic E-state index is 0.588. The van der Waals surface area contributed by atoms with E-state index in [9.17, 15) is 0 Å². The summed E-state index contributed by atoms with van der Waals surface area (Å²) in [7, 11) is 0. The predicted octanol–water partition coefficient (Wildman–Crippen LogP) is 3.30. The SMILES string of the molecule is IC1CCCCC1OC1CCC1. The molecule has 2 rings (SSSR count). The first-order valence-corrected chi connectivity index (χ1v) is 6.40. The van der Waals surface area contributed by atoms with Gasteiger partial charge in [-0.1, -0.05) is 35.4 Å². The average molecular weight is 280 g/mol. The molecule has 2 unspecified atom stereocenters. The van der Waals surface area contributed by atoms with Gasteiger partial charge < -0.3 is 4.74 Å². The molecule has 0 aromatic rings. The molecule has 2 heteroatoms. The lowest BCUT2D eigenvalue weighted by Gasteiger charge is -2.35. The Bertz CT molecular complexity index is 145. The molecule has 2 atom stereocenters. The van der Waals surface area contributed by atoms with Crippen molar-refractivity contribution in [1.29, 1.82) is 0 Å². The Labute approximate surface area is 88.4 Å². The molecule has 0 aliphatic heterocycles. The first kappa shape index (κ1) is 9.25. The molecule has 2 aliphatic carbocycles. The lowest BCUT2D eigenvalue weighted by atomic mass is 9.93. The predicted molar refractivity (Wildman–Crippen MR) is 58.8 cm³/mol. The van der Waals surface area contributed by atoms with Gasteiger partial charge in [0.15, 0.2) is 0 Å². The largest absolute Gasteiger partial charge is 0.374 e. The summed E-state index contributed by atoms with van der Waals surface area (Å²) in [5.74, 6) is 0. The monoisotopic (exact) mass is 280 g/mol. The first-order chi connectivity index (χ1) is 5.86. The molecule has 70 valence electrons. The van der Waals surface area contributed by atoms with Gasteiger partial charge >= 0.3 is 0 Å². The van der Waals surface area contributed by atoms with Crippen molar-refractivity contribution in [3.63, 3.8) is 0 Å². The molecular weight excluding hydrogens is 263 g/mol. The van der Waals surface area contributed by atoms with Crippen LogP contribution in [0.4, 0.5) is 0 Å². The standard InChI is InChI=1S/C10H17IO/c11-9-6-1-2-7-10(9)12-8-4-3-5-8/h8-10H,1-7H2. The Hall–Kier alpha value is 0.690. The van der Waals surface area contributed by atoms with Crippen LogP contribution in [-0.4, -0.2) is 16.1 Å². The average Bonchev–Trinajstić information content (AvgIpc) is 2.00. The molecular formula is C10H17IO. The highest BCUT2D eigenvalue weighted by molar-refractivity contribution is 14.1. The van der Waals surface area contributed by atoms with E-state index in [4.69, 9.17) is 4.74 Å². The minimum absolute atomic E-state index is 0.588. The van der Waals surface area contributed by atoms with Crippen LogP contribution in [-0.2, 0) is 4.74 Å². The van der Waals surface area contributed by atoms with Crippen molar-refractivity contribution in [2.24, 2.45) is 0 Å². The number of alkyl halides is 1. The summed E-state index contributed by atoms with van der Waals surface area (Å²) in [5, 5.41) is 0. The van der Waals surface area contributed by atoms with Gasteiger partial charge in [-0.3, -0.25) is 0 Å². The molecule has 0 aromatic heterocycles. The van der Waals surface area contributed by atoms with E-state index in [1.807, 2.05) is 0 Å². The van der Waals surface area contributed by atoms with E-state index in [2.05, 4.69) is 22.6 Å². The van der Waals surface area contributed by atoms with Gasteiger partial charge in [-0.25, -0.2) is 0 Å². The highest BCUT2D eigenvalue weighted by Crippen LogP contribution is 2.32. The van der Waals surface area contributed by atoms with Crippen molar-refractivity contribution < 1.29 is 4.74 Å². The zero-order chi connectivity index (χ0) is 8.39. The Balaban J connectivity index is 1.76. The van der Waals surface area contributed by atoms with E-state index in [1.165, 1.54) is 44.9 Å². The van der Waals surface area contributed by atoms with Crippen LogP contribution >= 0.6 is 22.6 Å². The smallest absolute Gasteiger partial charge is 0.0696 e. The van der Waals surface area contributed by atoms with Crippen molar-refractivity contribution in [1.82, 2.24) is 0 Å². The van der Waals surface area contributed by atoms with Gasteiger partial charge in [0.2, 0.25) is 0 Å². The molecule has 0 aromatic carbocycles. The van der Waals surface area contributed by atoms with Crippen LogP contribution in [0, 0.1) is 0 Å². The maximum atomic E-state index is 6.03. The second-order valence-corrected chi connectivity index (χ2v) is 5.63. The van der Waals surface area contributed by atoms with Crippen LogP contribution in [0.3, 0.4) is 0 Å². The lowest BCUT2D eigenvalue weighted by Crippen LogP contribution is -2.34. The topological polar surface area (TPSA) is 9.23 Å². The number of hydrogen-bond acceptors (Lipinski definition) is 1. The summed E-state index contributed by atoms with van der Waals surface area (Å²) < 4.78 is 6.82. The maximum Gasteiger partial charge on any atom is 0.0696 e. The van der Waals surface area contributed by atoms with Gasteiger partial charge in [0.25, 0.3) is 0 Å². The van der Waals surface area contributed by atoms with Gasteiger partial charge in [0, 0.05) is 3.92 Å². The van der Waals surface area contributed by atoms with E-state index in [-0.39, 0.29) is 0 Å². The summed E-state index contributed by atoms with van der Waals surface area (Å²) in [5.41, 5.74) is 0. The third-order valence-electron chi connectivity index (χ3n) is 3.04. The van der Waals surface area contributed by atoms with Gasteiger partial charge in [0.05, 0.1) is 12.2 Å². The quantitative estimate of drug-likeness (QED) is 0.557. The van der Waals surface area contributed by atoms with E-state index < -0.39 is 0 Å². The highest BCUT2D eigenvalue weighted by Gasteiger charge is 2.28. The van der Waals surface area contributed by atoms with Crippen molar-refractivity contribution in [2.75, 3.05) is 0 Å². The van der Waals surface area contributed by atoms with Crippen LogP contribution in [0.5, 0.6) is 0 Å². The van der Waals surface area contributed by atoms with Crippen molar-refractivity contribution in [3.05, 3.63) is 0 Å². The Morgan fingerprint density at radius 1 is 0.917 bits per heavy atom. The van der Waals surface area contributed by atoms with Crippen LogP contribution in [0.25, 0.3) is 0 Å². The molecule has 0 spiro atoms. The van der Waals surface area contributed by atoms with E-state index in [1.54, 1.807) is 0 Å². The minimum Gasteiger partial charge on any atom is -0.374 e. The highest BCUT2D eigenvalue weighted by atomic mass is 127. The zero-order valence-electron chi connectivity index (χ0n) is 7.47. The van der Waals surface area contributed by atoms with Gasteiger partial charge in [-0.05, 0) is 32.1 Å². The number of ether oxygens (including phenoxy) is 1. The fraction of sp³-hybridized carbons (Fsp3) is 1.00. The van der Waals surface area contributed by atoms with Crippen molar-refractivity contribution >= 4 is 22.6 Å². The van der Waals surface area contributed by atoms with Crippen molar-refractivity contribution in [2.45, 2.75) is 61.1 Å². The lowest BCUT2D eigenvalue weighted by molar-refractivity contribution is -0.0593. The van der Waals surface area contributed by atoms with E-state index in [0.717, 1.165) is 3.92 Å². The second kappa shape index (κ2) is 4.27. The van der Waals surface area contributed by atoms with E-state index >= 15 is 0 Å². The first-order valence-electron chi connectivity index (χ1n) is 5.16. The summed E-state index contributed by atoms with van der Waals surface area (Å²) >= 11 is 2.57. The summed E-state index contributed by atoms with van der Waals surface area (Å²) in [4.78, 5) is 0. The molecule has 0 N–H and O–H groups in total. The third-order valence-corrected chi connectivity index (χ3v) is 4.47. The third kappa shape index (κ3) is 2.13. The van der Waals surface area contributed by atoms with Crippen LogP contribution < -0.4 is 0 Å². The number of halogens is 1. The van der Waals surface area contributed by atoms with Crippen LogP contribution in [0.15, 0.2) is 0 Å². The molecule has 2 aliphatic rings. The summed E-state index contributed by atoms with van der Waals surface area (Å²) in [6, 6.07) is 0. The second-order valence-electron chi connectivity index (χ2n) is 4.03. The Morgan fingerprint density at radius 3 is 2.25 bits per heavy atom. The molecule has 0 saturated heterocycles. The van der Waals surface area contributed by atoms with E-state index in [0.29, 0.717) is 12.2 Å². The molecule has 2 fully saturated rings. The Kier molecular flexibility index (Phi) is 3.29. The molecule has 0 radical (unpaired) electrons. The molecule has 1 nitrogen and oxygen atoms in total. The van der Waals surface area contributed by atoms with Gasteiger partial charge in [-0.2, -0.15) is 0 Å². The molecule has 12 heavy (non-hydrogen) atoms. The van der Waals surface area contributed by atoms with Crippen LogP contribution in [0.1, 0.15) is 44.9 Å². The summed E-state index contributed by atoms with van der Waals surface area (Å²) in [6.07, 6.45) is 10.7. The fourth-order valence-electron chi connectivity index (χ4n) is 1.96. The normalized spacial score (nSPS) is 37.8. The molecule has 2 saturated carbocycles. The molecule has 0 heterocycles. The van der Waals surface area contributed by atoms with Crippen molar-refractivity contribution in [3.8, 4) is 0 Å². The fourth-order valence-corrected chi connectivity index (χ4v) is 2.93. The zero-order valence-corrected chi connectivity index (χ0v) is 9.63. The Morgan fingerprint density at radius 2 is 1.67 bits per heavy atom. The maximum absolute atomic E-state index is 6.03. The summed E-state index contributed by atoms with van der Waals surface area (Å²) in [6.45, 7) is 0. The molecule has 0 bridgehead atoms. The van der Waals surface area contributed by atoms with Gasteiger partial charge in [0.1, 0.15) is 0 Å².